The van der Waals surface area contributed by atoms with Crippen LogP contribution in [0.3, 0.4) is 0 Å². The zero-order valence-electron chi connectivity index (χ0n) is 9.56. The van der Waals surface area contributed by atoms with Crippen LogP contribution in [-0.4, -0.2) is 20.6 Å². The summed E-state index contributed by atoms with van der Waals surface area (Å²) in [4.78, 5) is 15.3. The van der Waals surface area contributed by atoms with Gasteiger partial charge in [-0.15, -0.1) is 0 Å². The van der Waals surface area contributed by atoms with Crippen LogP contribution >= 0.6 is 0 Å². The van der Waals surface area contributed by atoms with E-state index >= 15 is 0 Å². The highest BCUT2D eigenvalue weighted by Gasteiger charge is 2.18. The maximum Gasteiger partial charge on any atom is 0.372 e. The van der Waals surface area contributed by atoms with Crippen molar-refractivity contribution in [2.24, 2.45) is 0 Å². The summed E-state index contributed by atoms with van der Waals surface area (Å²) in [7, 11) is 0. The molecule has 0 saturated heterocycles. The molecule has 0 aliphatic rings. The van der Waals surface area contributed by atoms with Gasteiger partial charge in [-0.05, 0) is 38.5 Å². The molecular weight excluding hydrogens is 204 g/mol. The van der Waals surface area contributed by atoms with Crippen LogP contribution in [0.4, 0.5) is 0 Å². The molecule has 0 radical (unpaired) electrons. The van der Waals surface area contributed by atoms with Gasteiger partial charge in [0, 0.05) is 6.04 Å². The van der Waals surface area contributed by atoms with Crippen molar-refractivity contribution in [2.45, 2.75) is 26.8 Å². The molecule has 2 aromatic rings. The van der Waals surface area contributed by atoms with E-state index < -0.39 is 5.97 Å². The molecule has 1 aromatic heterocycles. The smallest absolute Gasteiger partial charge is 0.372 e. The molecule has 0 unspecified atom stereocenters. The third-order valence-electron chi connectivity index (χ3n) is 2.55. The molecule has 0 atom stereocenters. The molecule has 0 aliphatic heterocycles. The first kappa shape index (κ1) is 10.7. The molecule has 0 fully saturated rings. The van der Waals surface area contributed by atoms with Crippen LogP contribution in [0.25, 0.3) is 11.0 Å². The molecule has 1 heterocycles. The number of carboxylic acid groups (broad SMARTS) is 1. The van der Waals surface area contributed by atoms with Gasteiger partial charge in [0.15, 0.2) is 0 Å². The zero-order valence-corrected chi connectivity index (χ0v) is 9.56. The highest BCUT2D eigenvalue weighted by atomic mass is 16.4. The van der Waals surface area contributed by atoms with Crippen molar-refractivity contribution in [3.05, 3.63) is 29.6 Å². The molecule has 16 heavy (non-hydrogen) atoms. The number of imidazole rings is 1. The summed E-state index contributed by atoms with van der Waals surface area (Å²) >= 11 is 0. The van der Waals surface area contributed by atoms with Crippen LogP contribution in [0.15, 0.2) is 18.2 Å². The van der Waals surface area contributed by atoms with Gasteiger partial charge in [-0.1, -0.05) is 6.07 Å². The molecule has 0 amide bonds. The van der Waals surface area contributed by atoms with Gasteiger partial charge in [0.2, 0.25) is 5.82 Å². The average Bonchev–Trinajstić information content (AvgIpc) is 2.55. The van der Waals surface area contributed by atoms with Gasteiger partial charge in [-0.3, -0.25) is 0 Å². The number of hydrogen-bond donors (Lipinski definition) is 1. The van der Waals surface area contributed by atoms with Crippen LogP contribution in [0.5, 0.6) is 0 Å². The summed E-state index contributed by atoms with van der Waals surface area (Å²) in [5.41, 5.74) is 2.70. The Hall–Kier alpha value is -1.84. The Bertz CT molecular complexity index is 555. The number of nitrogens with zero attached hydrogens (tertiary/aromatic N) is 2. The fourth-order valence-electron chi connectivity index (χ4n) is 1.88. The maximum absolute atomic E-state index is 11.1. The predicted octanol–water partition coefficient (Wildman–Crippen LogP) is 2.62. The normalized spacial score (nSPS) is 11.2. The molecule has 84 valence electrons. The van der Waals surface area contributed by atoms with E-state index in [1.54, 1.807) is 4.57 Å². The Labute approximate surface area is 93.5 Å². The first-order valence-electron chi connectivity index (χ1n) is 5.22. The molecule has 4 nitrogen and oxygen atoms in total. The standard InChI is InChI=1S/C12H14N2O2/c1-7(2)14-10-5-4-8(3)6-9(10)13-11(14)12(15)16/h4-7H,1-3H3,(H,15,16). The van der Waals surface area contributed by atoms with Gasteiger partial charge in [-0.2, -0.15) is 0 Å². The first-order chi connectivity index (χ1) is 7.50. The third-order valence-corrected chi connectivity index (χ3v) is 2.55. The molecule has 0 spiro atoms. The minimum Gasteiger partial charge on any atom is -0.475 e. The predicted molar refractivity (Wildman–Crippen MR) is 61.8 cm³/mol. The van der Waals surface area contributed by atoms with E-state index in [1.807, 2.05) is 39.0 Å². The Kier molecular flexibility index (Phi) is 2.42. The molecule has 0 bridgehead atoms. The summed E-state index contributed by atoms with van der Waals surface area (Å²) < 4.78 is 1.75. The number of rotatable bonds is 2. The van der Waals surface area contributed by atoms with Gasteiger partial charge in [-0.25, -0.2) is 9.78 Å². The Morgan fingerprint density at radius 2 is 2.12 bits per heavy atom. The summed E-state index contributed by atoms with van der Waals surface area (Å²) in [6, 6.07) is 5.87. The molecule has 1 aromatic carbocycles. The Morgan fingerprint density at radius 3 is 2.69 bits per heavy atom. The number of carboxylic acids is 1. The maximum atomic E-state index is 11.1. The SMILES string of the molecule is Cc1ccc2c(c1)nc(C(=O)O)n2C(C)C. The number of aromatic nitrogens is 2. The first-order valence-corrected chi connectivity index (χ1v) is 5.22. The van der Waals surface area contributed by atoms with Crippen molar-refractivity contribution >= 4 is 17.0 Å². The van der Waals surface area contributed by atoms with Gasteiger partial charge in [0.1, 0.15) is 0 Å². The Morgan fingerprint density at radius 1 is 1.44 bits per heavy atom. The number of fused-ring (bicyclic) bond motifs is 1. The van der Waals surface area contributed by atoms with Crippen molar-refractivity contribution < 1.29 is 9.90 Å². The van der Waals surface area contributed by atoms with Crippen LogP contribution in [0.1, 0.15) is 36.1 Å². The van der Waals surface area contributed by atoms with Crippen molar-refractivity contribution in [3.63, 3.8) is 0 Å². The number of carbonyl (C=O) groups is 1. The van der Waals surface area contributed by atoms with Crippen molar-refractivity contribution in [3.8, 4) is 0 Å². The molecule has 2 rings (SSSR count). The fraction of sp³-hybridized carbons (Fsp3) is 0.333. The van der Waals surface area contributed by atoms with E-state index in [9.17, 15) is 4.79 Å². The second kappa shape index (κ2) is 3.63. The van der Waals surface area contributed by atoms with E-state index in [4.69, 9.17) is 5.11 Å². The molecule has 0 saturated carbocycles. The van der Waals surface area contributed by atoms with E-state index in [1.165, 1.54) is 0 Å². The molecule has 4 heteroatoms. The summed E-state index contributed by atoms with van der Waals surface area (Å²) in [6.45, 7) is 5.87. The molecule has 1 N–H and O–H groups in total. The second-order valence-electron chi connectivity index (χ2n) is 4.20. The minimum absolute atomic E-state index is 0.0822. The summed E-state index contributed by atoms with van der Waals surface area (Å²) in [6.07, 6.45) is 0. The summed E-state index contributed by atoms with van der Waals surface area (Å²) in [5.74, 6) is -0.877. The number of benzene rings is 1. The lowest BCUT2D eigenvalue weighted by atomic mass is 10.2. The molecule has 0 aliphatic carbocycles. The molecular formula is C12H14N2O2. The van der Waals surface area contributed by atoms with Crippen molar-refractivity contribution in [1.29, 1.82) is 0 Å². The quantitative estimate of drug-likeness (QED) is 0.843. The van der Waals surface area contributed by atoms with Crippen molar-refractivity contribution in [2.75, 3.05) is 0 Å². The van der Waals surface area contributed by atoms with Gasteiger partial charge in [0.25, 0.3) is 0 Å². The van der Waals surface area contributed by atoms with E-state index in [-0.39, 0.29) is 11.9 Å². The van der Waals surface area contributed by atoms with E-state index in [0.29, 0.717) is 0 Å². The zero-order chi connectivity index (χ0) is 11.9. The fourth-order valence-corrected chi connectivity index (χ4v) is 1.88. The largest absolute Gasteiger partial charge is 0.475 e. The van der Waals surface area contributed by atoms with Crippen LogP contribution in [0, 0.1) is 6.92 Å². The lowest BCUT2D eigenvalue weighted by Gasteiger charge is -2.10. The van der Waals surface area contributed by atoms with E-state index in [0.717, 1.165) is 16.6 Å². The highest BCUT2D eigenvalue weighted by Crippen LogP contribution is 2.21. The topological polar surface area (TPSA) is 55.1 Å². The second-order valence-corrected chi connectivity index (χ2v) is 4.20. The lowest BCUT2D eigenvalue weighted by Crippen LogP contribution is -2.11. The number of aryl methyl sites for hydroxylation is 1. The van der Waals surface area contributed by atoms with Crippen LogP contribution < -0.4 is 0 Å². The van der Waals surface area contributed by atoms with Gasteiger partial charge in [0.05, 0.1) is 11.0 Å². The number of hydrogen-bond acceptors (Lipinski definition) is 2. The van der Waals surface area contributed by atoms with Crippen LogP contribution in [-0.2, 0) is 0 Å². The third kappa shape index (κ3) is 1.56. The monoisotopic (exact) mass is 218 g/mol. The van der Waals surface area contributed by atoms with Crippen LogP contribution in [0.2, 0.25) is 0 Å². The Balaban J connectivity index is 2.81. The average molecular weight is 218 g/mol. The van der Waals surface area contributed by atoms with Crippen molar-refractivity contribution in [1.82, 2.24) is 9.55 Å². The van der Waals surface area contributed by atoms with E-state index in [2.05, 4.69) is 4.98 Å². The van der Waals surface area contributed by atoms with Gasteiger partial charge < -0.3 is 9.67 Å². The summed E-state index contributed by atoms with van der Waals surface area (Å²) in [5, 5.41) is 9.10. The highest BCUT2D eigenvalue weighted by molar-refractivity contribution is 5.90. The van der Waals surface area contributed by atoms with Gasteiger partial charge >= 0.3 is 5.97 Å². The number of aromatic carboxylic acids is 1. The minimum atomic E-state index is -0.984. The lowest BCUT2D eigenvalue weighted by molar-refractivity contribution is 0.0677.